The maximum Gasteiger partial charge on any atom is 0.337 e. The predicted octanol–water partition coefficient (Wildman–Crippen LogP) is 3.89. The first kappa shape index (κ1) is 24.0. The quantitative estimate of drug-likeness (QED) is 0.245. The fourth-order valence-electron chi connectivity index (χ4n) is 2.35. The minimum atomic E-state index is -1.92. The number of para-hydroxylation sites is 1. The molecule has 7 nitrogen and oxygen atoms in total. The van der Waals surface area contributed by atoms with Crippen molar-refractivity contribution >= 4 is 69.7 Å². The molecule has 0 fully saturated rings. The second-order valence-corrected chi connectivity index (χ2v) is 8.59. The molecule has 1 unspecified atom stereocenters. The van der Waals surface area contributed by atoms with Gasteiger partial charge in [-0.15, -0.1) is 0 Å². The lowest BCUT2D eigenvalue weighted by molar-refractivity contribution is 0.0600. The summed E-state index contributed by atoms with van der Waals surface area (Å²) in [6.45, 7) is 0. The van der Waals surface area contributed by atoms with Crippen molar-refractivity contribution in [2.75, 3.05) is 19.5 Å². The number of carbonyl (C=O) groups excluding carboxylic acids is 2. The van der Waals surface area contributed by atoms with E-state index < -0.39 is 21.8 Å². The Labute approximate surface area is 194 Å². The second-order valence-electron chi connectivity index (χ2n) is 5.82. The number of nitrogens with one attached hydrogen (secondary N) is 3. The van der Waals surface area contributed by atoms with Crippen LogP contribution in [0.25, 0.3) is 0 Å². The molecule has 0 heterocycles. The Bertz CT molecular complexity index is 920. The van der Waals surface area contributed by atoms with Crippen molar-refractivity contribution in [3.63, 3.8) is 0 Å². The lowest BCUT2D eigenvalue weighted by Gasteiger charge is -2.28. The molecule has 3 N–H and O–H groups in total. The van der Waals surface area contributed by atoms with Gasteiger partial charge in [-0.05, 0) is 48.6 Å². The molecule has 2 aromatic rings. The summed E-state index contributed by atoms with van der Waals surface area (Å²) in [4.78, 5) is 24.1. The lowest BCUT2D eigenvalue weighted by atomic mass is 10.2. The van der Waals surface area contributed by atoms with E-state index in [1.807, 2.05) is 0 Å². The zero-order valence-electron chi connectivity index (χ0n) is 15.9. The van der Waals surface area contributed by atoms with Gasteiger partial charge in [-0.3, -0.25) is 4.79 Å². The normalized spacial score (nSPS) is 11.8. The Morgan fingerprint density at radius 2 is 1.63 bits per heavy atom. The molecular weight excluding hydrogens is 473 g/mol. The molecule has 0 radical (unpaired) electrons. The molecule has 11 heteroatoms. The van der Waals surface area contributed by atoms with E-state index in [0.29, 0.717) is 17.0 Å². The van der Waals surface area contributed by atoms with Crippen molar-refractivity contribution in [3.05, 3.63) is 59.7 Å². The third-order valence-corrected chi connectivity index (χ3v) is 4.67. The van der Waals surface area contributed by atoms with Gasteiger partial charge in [-0.25, -0.2) is 4.79 Å². The highest BCUT2D eigenvalue weighted by atomic mass is 35.6. The summed E-state index contributed by atoms with van der Waals surface area (Å²) in [7, 11) is 2.74. The predicted molar refractivity (Wildman–Crippen MR) is 122 cm³/mol. The Kier molecular flexibility index (Phi) is 8.54. The molecule has 0 saturated carbocycles. The van der Waals surface area contributed by atoms with Gasteiger partial charge in [0.15, 0.2) is 5.11 Å². The van der Waals surface area contributed by atoms with E-state index in [4.69, 9.17) is 51.8 Å². The van der Waals surface area contributed by atoms with Gasteiger partial charge in [-0.1, -0.05) is 46.9 Å². The van der Waals surface area contributed by atoms with Crippen LogP contribution in [0.3, 0.4) is 0 Å². The number of amides is 1. The number of hydrogen-bond acceptors (Lipinski definition) is 5. The summed E-state index contributed by atoms with van der Waals surface area (Å²) in [6.07, 6.45) is -1.16. The van der Waals surface area contributed by atoms with Gasteiger partial charge < -0.3 is 25.4 Å². The van der Waals surface area contributed by atoms with E-state index >= 15 is 0 Å². The number of ether oxygens (including phenoxy) is 2. The third kappa shape index (κ3) is 6.63. The van der Waals surface area contributed by atoms with Crippen LogP contribution in [0.1, 0.15) is 20.7 Å². The molecule has 160 valence electrons. The summed E-state index contributed by atoms with van der Waals surface area (Å²) in [5.74, 6) is -0.622. The van der Waals surface area contributed by atoms with Crippen LogP contribution in [0.15, 0.2) is 48.5 Å². The van der Waals surface area contributed by atoms with E-state index in [1.165, 1.54) is 14.2 Å². The van der Waals surface area contributed by atoms with Crippen molar-refractivity contribution in [1.82, 2.24) is 10.6 Å². The van der Waals surface area contributed by atoms with E-state index in [0.717, 1.165) is 0 Å². The fourth-order valence-corrected chi connectivity index (χ4v) is 2.91. The first-order valence-electron chi connectivity index (χ1n) is 8.42. The minimum absolute atomic E-state index is 0.0810. The molecule has 2 rings (SSSR count). The summed E-state index contributed by atoms with van der Waals surface area (Å²) in [5.41, 5.74) is 1.21. The number of halogens is 3. The molecule has 1 amide bonds. The van der Waals surface area contributed by atoms with Crippen LogP contribution >= 0.6 is 47.0 Å². The fraction of sp³-hybridized carbons (Fsp3) is 0.211. The average molecular weight is 491 g/mol. The summed E-state index contributed by atoms with van der Waals surface area (Å²) < 4.78 is 7.91. The van der Waals surface area contributed by atoms with Gasteiger partial charge >= 0.3 is 5.97 Å². The maximum atomic E-state index is 12.6. The standard InChI is InChI=1S/C19H18Cl3N3O4S/c1-28-14-6-4-3-5-13(14)15(26)24-17(19(20,21)22)25-18(30)23-12-9-7-11(8-10-12)16(27)29-2/h3-10,17H,1-2H3,(H,24,26)(H2,23,25,30). The van der Waals surface area contributed by atoms with Crippen molar-refractivity contribution in [3.8, 4) is 5.75 Å². The summed E-state index contributed by atoms with van der Waals surface area (Å²) >= 11 is 23.3. The van der Waals surface area contributed by atoms with Crippen molar-refractivity contribution in [1.29, 1.82) is 0 Å². The number of methoxy groups -OCH3 is 2. The molecule has 2 aromatic carbocycles. The lowest BCUT2D eigenvalue weighted by Crippen LogP contribution is -2.56. The van der Waals surface area contributed by atoms with Crippen LogP contribution in [0.4, 0.5) is 5.69 Å². The van der Waals surface area contributed by atoms with Gasteiger partial charge in [0.1, 0.15) is 11.9 Å². The summed E-state index contributed by atoms with van der Waals surface area (Å²) in [5, 5.41) is 8.30. The van der Waals surface area contributed by atoms with Crippen LogP contribution < -0.4 is 20.7 Å². The Morgan fingerprint density at radius 3 is 2.20 bits per heavy atom. The molecule has 1 atom stereocenters. The number of thiocarbonyl (C=S) groups is 1. The van der Waals surface area contributed by atoms with Crippen LogP contribution in [0, 0.1) is 0 Å². The van der Waals surface area contributed by atoms with Crippen molar-refractivity contribution in [2.45, 2.75) is 9.96 Å². The number of esters is 1. The van der Waals surface area contributed by atoms with E-state index in [9.17, 15) is 9.59 Å². The number of carbonyl (C=O) groups is 2. The number of benzene rings is 2. The largest absolute Gasteiger partial charge is 0.496 e. The number of anilines is 1. The van der Waals surface area contributed by atoms with E-state index in [2.05, 4.69) is 20.7 Å². The molecule has 0 aliphatic carbocycles. The van der Waals surface area contributed by atoms with Crippen molar-refractivity contribution in [2.24, 2.45) is 0 Å². The molecule has 0 spiro atoms. The molecular formula is C19H18Cl3N3O4S. The Hall–Kier alpha value is -2.26. The third-order valence-electron chi connectivity index (χ3n) is 3.79. The first-order chi connectivity index (χ1) is 14.2. The molecule has 0 aromatic heterocycles. The first-order valence-corrected chi connectivity index (χ1v) is 9.96. The van der Waals surface area contributed by atoms with Gasteiger partial charge in [0.2, 0.25) is 3.79 Å². The molecule has 0 bridgehead atoms. The SMILES string of the molecule is COC(=O)c1ccc(NC(=S)NC(NC(=O)c2ccccc2OC)C(Cl)(Cl)Cl)cc1. The van der Waals surface area contributed by atoms with E-state index in [1.54, 1.807) is 48.5 Å². The number of hydrogen-bond donors (Lipinski definition) is 3. The topological polar surface area (TPSA) is 88.7 Å². The zero-order valence-corrected chi connectivity index (χ0v) is 19.0. The minimum Gasteiger partial charge on any atom is -0.496 e. The highest BCUT2D eigenvalue weighted by molar-refractivity contribution is 7.80. The number of alkyl halides is 3. The second kappa shape index (κ2) is 10.7. The molecule has 30 heavy (non-hydrogen) atoms. The highest BCUT2D eigenvalue weighted by Crippen LogP contribution is 2.30. The monoisotopic (exact) mass is 489 g/mol. The van der Waals surface area contributed by atoms with Crippen LogP contribution in [0.2, 0.25) is 0 Å². The van der Waals surface area contributed by atoms with E-state index in [-0.39, 0.29) is 10.7 Å². The number of rotatable bonds is 6. The highest BCUT2D eigenvalue weighted by Gasteiger charge is 2.35. The van der Waals surface area contributed by atoms with Crippen LogP contribution in [-0.2, 0) is 4.74 Å². The van der Waals surface area contributed by atoms with Gasteiger partial charge in [0.05, 0.1) is 25.3 Å². The molecule has 0 saturated heterocycles. The van der Waals surface area contributed by atoms with Gasteiger partial charge in [0.25, 0.3) is 5.91 Å². The van der Waals surface area contributed by atoms with Crippen molar-refractivity contribution < 1.29 is 19.1 Å². The van der Waals surface area contributed by atoms with Crippen LogP contribution in [0.5, 0.6) is 5.75 Å². The smallest absolute Gasteiger partial charge is 0.337 e. The van der Waals surface area contributed by atoms with Crippen LogP contribution in [-0.4, -0.2) is 41.2 Å². The molecule has 0 aliphatic heterocycles. The van der Waals surface area contributed by atoms with Gasteiger partial charge in [-0.2, -0.15) is 0 Å². The molecule has 0 aliphatic rings. The Morgan fingerprint density at radius 1 is 1.00 bits per heavy atom. The summed E-state index contributed by atoms with van der Waals surface area (Å²) in [6, 6.07) is 13.0. The maximum absolute atomic E-state index is 12.6. The zero-order chi connectivity index (χ0) is 22.3. The van der Waals surface area contributed by atoms with Gasteiger partial charge in [0, 0.05) is 5.69 Å². The Balaban J connectivity index is 2.08. The average Bonchev–Trinajstić information content (AvgIpc) is 2.72.